The number of terminal acetylenes is 1. The van der Waals surface area contributed by atoms with Gasteiger partial charge in [0, 0.05) is 57.0 Å². The summed E-state index contributed by atoms with van der Waals surface area (Å²) in [6.07, 6.45) is 71.1. The molecule has 0 heterocycles. The van der Waals surface area contributed by atoms with Crippen LogP contribution >= 0.6 is 0 Å². The maximum atomic E-state index is 4.59. The van der Waals surface area contributed by atoms with Crippen molar-refractivity contribution >= 4 is 0 Å². The van der Waals surface area contributed by atoms with E-state index < -0.39 is 0 Å². The summed E-state index contributed by atoms with van der Waals surface area (Å²) in [6.45, 7) is 31.8. The maximum Gasteiger partial charge on any atom is 0.0593 e. The Bertz CT molecular complexity index is 1330. The Hall–Kier alpha value is -2.32. The van der Waals surface area contributed by atoms with E-state index in [9.17, 15) is 0 Å². The second kappa shape index (κ2) is 57.8. The molecule has 0 saturated heterocycles. The van der Waals surface area contributed by atoms with E-state index in [1.54, 1.807) is 0 Å². The van der Waals surface area contributed by atoms with Crippen LogP contribution < -0.4 is 16.0 Å². The molecule has 2 aliphatic rings. The van der Waals surface area contributed by atoms with Crippen molar-refractivity contribution in [2.75, 3.05) is 52.4 Å². The van der Waals surface area contributed by atoms with Crippen molar-refractivity contribution in [3.63, 3.8) is 0 Å². The monoisotopic (exact) mass is 1050 g/mol. The zero-order chi connectivity index (χ0) is 54.9. The average Bonchev–Trinajstić information content (AvgIpc) is 3.41. The first-order valence-electron chi connectivity index (χ1n) is 33.8. The molecule has 0 aromatic rings. The molecule has 5 nitrogen and oxygen atoms in total. The van der Waals surface area contributed by atoms with E-state index in [0.29, 0.717) is 0 Å². The highest BCUT2D eigenvalue weighted by molar-refractivity contribution is 5.45. The van der Waals surface area contributed by atoms with E-state index in [4.69, 9.17) is 0 Å². The molecule has 5 heteroatoms. The topological polar surface area (TPSA) is 42.6 Å². The molecule has 0 bridgehead atoms. The van der Waals surface area contributed by atoms with Crippen LogP contribution in [0.1, 0.15) is 337 Å². The predicted octanol–water partition coefficient (Wildman–Crippen LogP) is 21.2. The van der Waals surface area contributed by atoms with Gasteiger partial charge >= 0.3 is 0 Å². The summed E-state index contributed by atoms with van der Waals surface area (Å²) in [4.78, 5) is 5.60. The van der Waals surface area contributed by atoms with Crippen LogP contribution in [0.2, 0.25) is 0 Å². The van der Waals surface area contributed by atoms with Crippen molar-refractivity contribution in [1.29, 1.82) is 0 Å². The largest absolute Gasteiger partial charge is 0.386 e. The van der Waals surface area contributed by atoms with Gasteiger partial charge in [0.15, 0.2) is 0 Å². The van der Waals surface area contributed by atoms with E-state index in [-0.39, 0.29) is 0 Å². The smallest absolute Gasteiger partial charge is 0.0593 e. The molecule has 3 N–H and O–H groups in total. The van der Waals surface area contributed by atoms with Gasteiger partial charge in [-0.1, -0.05) is 292 Å². The molecule has 0 amide bonds. The minimum Gasteiger partial charge on any atom is -0.386 e. The highest BCUT2D eigenvalue weighted by atomic mass is 15.2. The molecule has 0 saturated carbocycles. The van der Waals surface area contributed by atoms with E-state index >= 15 is 0 Å². The molecule has 75 heavy (non-hydrogen) atoms. The first-order chi connectivity index (χ1) is 37.0. The van der Waals surface area contributed by atoms with Gasteiger partial charge in [0.2, 0.25) is 0 Å². The lowest BCUT2D eigenvalue weighted by molar-refractivity contribution is 0.247. The molecule has 0 aromatic heterocycles. The number of hydrogen-bond acceptors (Lipinski definition) is 5. The second-order valence-corrected chi connectivity index (χ2v) is 23.3. The molecule has 0 unspecified atom stereocenters. The fraction of sp³-hybridized carbons (Fsp3) is 0.857. The van der Waals surface area contributed by atoms with Crippen LogP contribution in [0.5, 0.6) is 0 Å². The molecule has 2 aliphatic carbocycles. The third-order valence-corrected chi connectivity index (χ3v) is 15.8. The first kappa shape index (κ1) is 72.7. The Morgan fingerprint density at radius 1 is 0.320 bits per heavy atom. The Morgan fingerprint density at radius 3 is 0.947 bits per heavy atom. The zero-order valence-corrected chi connectivity index (χ0v) is 52.1. The van der Waals surface area contributed by atoms with Gasteiger partial charge < -0.3 is 25.8 Å². The van der Waals surface area contributed by atoms with Crippen LogP contribution in [0, 0.1) is 12.8 Å². The number of unbranched alkanes of at least 4 members (excludes halogenated alkanes) is 37. The summed E-state index contributed by atoms with van der Waals surface area (Å²) in [5, 5.41) is 11.6. The maximum absolute atomic E-state index is 4.59. The molecule has 0 atom stereocenters. The van der Waals surface area contributed by atoms with Crippen LogP contribution in [0.3, 0.4) is 0 Å². The highest BCUT2D eigenvalue weighted by Crippen LogP contribution is 2.34. The quantitative estimate of drug-likeness (QED) is 0.0418. The number of hydrogen-bond donors (Lipinski definition) is 3. The summed E-state index contributed by atoms with van der Waals surface area (Å²) in [7, 11) is 0. The lowest BCUT2D eigenvalue weighted by atomic mass is 9.92. The van der Waals surface area contributed by atoms with Crippen molar-refractivity contribution in [3.8, 4) is 12.8 Å². The number of rotatable bonds is 57. The summed E-state index contributed by atoms with van der Waals surface area (Å²) >= 11 is 0. The van der Waals surface area contributed by atoms with E-state index in [0.717, 1.165) is 32.5 Å². The summed E-state index contributed by atoms with van der Waals surface area (Å²) in [5.74, 6) is 0. The Balaban J connectivity index is 0.0000105. The van der Waals surface area contributed by atoms with Gasteiger partial charge in [-0.2, -0.15) is 0 Å². The van der Waals surface area contributed by atoms with Crippen LogP contribution in [0.4, 0.5) is 0 Å². The van der Waals surface area contributed by atoms with Crippen LogP contribution in [-0.2, 0) is 0 Å². The fourth-order valence-electron chi connectivity index (χ4n) is 11.1. The van der Waals surface area contributed by atoms with Crippen LogP contribution in [-0.4, -0.2) is 62.2 Å². The van der Waals surface area contributed by atoms with Crippen molar-refractivity contribution < 1.29 is 0 Å². The van der Waals surface area contributed by atoms with Gasteiger partial charge in [-0.05, 0) is 75.7 Å². The van der Waals surface area contributed by atoms with Gasteiger partial charge in [0.25, 0.3) is 0 Å². The summed E-state index contributed by atoms with van der Waals surface area (Å²) in [5.41, 5.74) is 8.36. The molecular formula is C70H135N5. The van der Waals surface area contributed by atoms with Crippen molar-refractivity contribution in [2.24, 2.45) is 0 Å². The third kappa shape index (κ3) is 43.3. The zero-order valence-electron chi connectivity index (χ0n) is 52.1. The normalized spacial score (nSPS) is 13.1. The van der Waals surface area contributed by atoms with Crippen LogP contribution in [0.15, 0.2) is 47.1 Å². The fourth-order valence-corrected chi connectivity index (χ4v) is 11.1. The third-order valence-electron chi connectivity index (χ3n) is 15.8. The SMILES string of the molecule is C#C.C=C1CC(NCCCCCCCCCCCC)=C1NCCCN(CCCCCCCCCCCCCC)CCCCN(CCCCCCCCCC)C1=C(NCCCCCCCCCCCC)CC1=C.CCC. The van der Waals surface area contributed by atoms with E-state index in [2.05, 4.69) is 93.3 Å². The Morgan fingerprint density at radius 2 is 0.587 bits per heavy atom. The van der Waals surface area contributed by atoms with E-state index in [1.165, 1.54) is 349 Å². The molecule has 0 aromatic carbocycles. The molecule has 0 aliphatic heterocycles. The minimum atomic E-state index is 1.03. The molecule has 0 radical (unpaired) electrons. The lowest BCUT2D eigenvalue weighted by Crippen LogP contribution is -2.36. The Labute approximate surface area is 472 Å². The molecule has 0 spiro atoms. The molecule has 2 rings (SSSR count). The van der Waals surface area contributed by atoms with Crippen molar-refractivity contribution in [1.82, 2.24) is 25.8 Å². The van der Waals surface area contributed by atoms with Crippen molar-refractivity contribution in [2.45, 2.75) is 337 Å². The van der Waals surface area contributed by atoms with Crippen LogP contribution in [0.25, 0.3) is 0 Å². The highest BCUT2D eigenvalue weighted by Gasteiger charge is 2.26. The second-order valence-electron chi connectivity index (χ2n) is 23.3. The van der Waals surface area contributed by atoms with Crippen molar-refractivity contribution in [3.05, 3.63) is 47.1 Å². The number of nitrogens with zero attached hydrogens (tertiary/aromatic N) is 2. The first-order valence-corrected chi connectivity index (χ1v) is 33.8. The summed E-state index contributed by atoms with van der Waals surface area (Å²) in [6, 6.07) is 0. The van der Waals surface area contributed by atoms with Gasteiger partial charge in [-0.3, -0.25) is 0 Å². The lowest BCUT2D eigenvalue weighted by Gasteiger charge is -2.38. The molecular weight excluding hydrogens is 911 g/mol. The van der Waals surface area contributed by atoms with Gasteiger partial charge in [0.1, 0.15) is 0 Å². The summed E-state index contributed by atoms with van der Waals surface area (Å²) < 4.78 is 0. The van der Waals surface area contributed by atoms with Gasteiger partial charge in [0.05, 0.1) is 11.4 Å². The standard InChI is InChI=1S/C65H125N5.C3H8.C2H2/c1-7-11-15-19-23-27-30-31-34-37-41-45-53-69(55-49-52-68-64-60(5)58-62(64)66-50-43-39-35-32-28-24-20-16-12-8-2)54-47-48-57-70(56-46-42-38-26-22-18-14-10-4)65-61(6)59-63(65)67-51-44-40-36-33-29-25-21-17-13-9-3;1-3-2;1-2/h66-68H,5-59H2,1-4H3;3H2,1-2H3;1-2H. The van der Waals surface area contributed by atoms with Gasteiger partial charge in [-0.25, -0.2) is 0 Å². The van der Waals surface area contributed by atoms with E-state index in [1.807, 2.05) is 0 Å². The van der Waals surface area contributed by atoms with Gasteiger partial charge in [-0.15, -0.1) is 12.8 Å². The minimum absolute atomic E-state index is 1.03. The molecule has 0 fully saturated rings. The predicted molar refractivity (Wildman–Crippen MR) is 341 cm³/mol. The number of nitrogens with one attached hydrogen (secondary N) is 3. The average molecular weight is 1050 g/mol. The number of allylic oxidation sites excluding steroid dienone is 4. The molecule has 440 valence electrons. The Kier molecular flexibility index (Phi) is 56.1.